The molecular formula is C58H37N3S. The van der Waals surface area contributed by atoms with Crippen LogP contribution < -0.4 is 0 Å². The Morgan fingerprint density at radius 1 is 0.274 bits per heavy atom. The highest BCUT2D eigenvalue weighted by Gasteiger charge is 2.50. The monoisotopic (exact) mass is 807 g/mol. The van der Waals surface area contributed by atoms with Crippen molar-refractivity contribution >= 4 is 11.8 Å². The Hall–Kier alpha value is -7.66. The predicted octanol–water partition coefficient (Wildman–Crippen LogP) is 14.7. The summed E-state index contributed by atoms with van der Waals surface area (Å²) in [4.78, 5) is 18.1. The van der Waals surface area contributed by atoms with Gasteiger partial charge < -0.3 is 0 Å². The van der Waals surface area contributed by atoms with Crippen LogP contribution in [0.3, 0.4) is 0 Å². The van der Waals surface area contributed by atoms with E-state index in [1.807, 2.05) is 23.9 Å². The van der Waals surface area contributed by atoms with Crippen molar-refractivity contribution in [1.82, 2.24) is 15.0 Å². The minimum atomic E-state index is -0.423. The van der Waals surface area contributed by atoms with Crippen molar-refractivity contribution in [3.63, 3.8) is 0 Å². The van der Waals surface area contributed by atoms with Gasteiger partial charge in [0.2, 0.25) is 0 Å². The van der Waals surface area contributed by atoms with Gasteiger partial charge in [0, 0.05) is 26.5 Å². The molecule has 12 rings (SSSR count). The quantitative estimate of drug-likeness (QED) is 0.168. The maximum absolute atomic E-state index is 5.18. The third-order valence-corrected chi connectivity index (χ3v) is 13.6. The van der Waals surface area contributed by atoms with Crippen LogP contribution in [0.5, 0.6) is 0 Å². The van der Waals surface area contributed by atoms with Gasteiger partial charge in [0.1, 0.15) is 0 Å². The first-order valence-corrected chi connectivity index (χ1v) is 21.8. The fourth-order valence-corrected chi connectivity index (χ4v) is 10.9. The van der Waals surface area contributed by atoms with Gasteiger partial charge in [-0.2, -0.15) is 0 Å². The number of fused-ring (bicyclic) bond motifs is 9. The Morgan fingerprint density at radius 2 is 0.677 bits per heavy atom. The normalized spacial score (nSPS) is 12.9. The SMILES string of the molecule is c1ccc(-c2cccc(-c3nc(-c4ccc(-c5cccc6c5Sc5ccccc5C65c6ccccc6-c6ccccc65)cc4)nc(-c4cccc(-c5ccccc5)c4)n3)c2)cc1. The zero-order valence-corrected chi connectivity index (χ0v) is 34.4. The van der Waals surface area contributed by atoms with Crippen LogP contribution in [-0.2, 0) is 5.41 Å². The lowest BCUT2D eigenvalue weighted by atomic mass is 9.67. The van der Waals surface area contributed by atoms with Gasteiger partial charge in [0.05, 0.1) is 5.41 Å². The summed E-state index contributed by atoms with van der Waals surface area (Å²) in [6.07, 6.45) is 0. The second kappa shape index (κ2) is 14.8. The molecule has 2 heterocycles. The Morgan fingerprint density at radius 3 is 1.26 bits per heavy atom. The summed E-state index contributed by atoms with van der Waals surface area (Å²) < 4.78 is 0. The maximum Gasteiger partial charge on any atom is 0.164 e. The molecule has 0 atom stereocenters. The standard InChI is InChI=1S/C58H37N3S/c1-3-16-38(17-4-1)42-20-13-22-44(36-42)56-59-55(60-57(61-56)45-23-14-21-43(37-45)39-18-5-2-6-19-39)41-34-32-40(33-35-41)46-26-15-30-52-54(46)62-53-31-12-11-29-51(53)58(52)49-27-9-7-24-47(49)48-25-8-10-28-50(48)58/h1-37H. The van der Waals surface area contributed by atoms with Crippen LogP contribution in [0, 0.1) is 0 Å². The zero-order valence-electron chi connectivity index (χ0n) is 33.6. The van der Waals surface area contributed by atoms with Crippen LogP contribution >= 0.6 is 11.8 Å². The summed E-state index contributed by atoms with van der Waals surface area (Å²) in [5.41, 5.74) is 17.2. The molecule has 0 unspecified atom stereocenters. The molecule has 9 aromatic carbocycles. The van der Waals surface area contributed by atoms with Crippen LogP contribution in [0.1, 0.15) is 22.3 Å². The Bertz CT molecular complexity index is 3180. The fraction of sp³-hybridized carbons (Fsp3) is 0.0172. The third kappa shape index (κ3) is 5.87. The van der Waals surface area contributed by atoms with Gasteiger partial charge in [-0.25, -0.2) is 15.0 Å². The fourth-order valence-electron chi connectivity index (χ4n) is 9.60. The predicted molar refractivity (Wildman–Crippen MR) is 254 cm³/mol. The Labute approximate surface area is 365 Å². The lowest BCUT2D eigenvalue weighted by molar-refractivity contribution is 0.723. The Kier molecular flexibility index (Phi) is 8.65. The van der Waals surface area contributed by atoms with Gasteiger partial charge in [-0.3, -0.25) is 0 Å². The van der Waals surface area contributed by atoms with Crippen molar-refractivity contribution in [3.05, 3.63) is 247 Å². The smallest absolute Gasteiger partial charge is 0.164 e. The van der Waals surface area contributed by atoms with E-state index in [1.54, 1.807) is 0 Å². The minimum absolute atomic E-state index is 0.423. The van der Waals surface area contributed by atoms with Crippen LogP contribution in [0.2, 0.25) is 0 Å². The molecular weight excluding hydrogens is 771 g/mol. The molecule has 4 heteroatoms. The van der Waals surface area contributed by atoms with E-state index in [9.17, 15) is 0 Å². The molecule has 10 aromatic rings. The van der Waals surface area contributed by atoms with Crippen molar-refractivity contribution in [1.29, 1.82) is 0 Å². The summed E-state index contributed by atoms with van der Waals surface area (Å²) in [5, 5.41) is 0. The molecule has 0 bridgehead atoms. The molecule has 0 N–H and O–H groups in total. The van der Waals surface area contributed by atoms with E-state index < -0.39 is 5.41 Å². The van der Waals surface area contributed by atoms with E-state index in [0.717, 1.165) is 44.5 Å². The van der Waals surface area contributed by atoms with Crippen molar-refractivity contribution in [2.24, 2.45) is 0 Å². The molecule has 0 saturated carbocycles. The zero-order chi connectivity index (χ0) is 41.0. The first-order valence-electron chi connectivity index (χ1n) is 21.0. The Balaban J connectivity index is 0.987. The number of aromatic nitrogens is 3. The number of benzene rings is 9. The van der Waals surface area contributed by atoms with Gasteiger partial charge >= 0.3 is 0 Å². The molecule has 0 saturated heterocycles. The third-order valence-electron chi connectivity index (χ3n) is 12.4. The molecule has 0 fully saturated rings. The van der Waals surface area contributed by atoms with Crippen LogP contribution in [0.25, 0.3) is 78.7 Å². The molecule has 0 amide bonds. The van der Waals surface area contributed by atoms with E-state index in [1.165, 1.54) is 48.7 Å². The molecule has 1 aliphatic carbocycles. The highest BCUT2D eigenvalue weighted by Crippen LogP contribution is 2.63. The minimum Gasteiger partial charge on any atom is -0.208 e. The van der Waals surface area contributed by atoms with Crippen molar-refractivity contribution in [3.8, 4) is 78.7 Å². The molecule has 0 radical (unpaired) electrons. The molecule has 3 nitrogen and oxygen atoms in total. The van der Waals surface area contributed by atoms with Crippen molar-refractivity contribution in [2.45, 2.75) is 15.2 Å². The van der Waals surface area contributed by atoms with Crippen molar-refractivity contribution < 1.29 is 0 Å². The molecule has 62 heavy (non-hydrogen) atoms. The number of hydrogen-bond acceptors (Lipinski definition) is 4. The van der Waals surface area contributed by atoms with Crippen LogP contribution in [0.15, 0.2) is 234 Å². The highest BCUT2D eigenvalue weighted by molar-refractivity contribution is 7.99. The highest BCUT2D eigenvalue weighted by atomic mass is 32.2. The van der Waals surface area contributed by atoms with E-state index >= 15 is 0 Å². The average molecular weight is 808 g/mol. The van der Waals surface area contributed by atoms with Crippen LogP contribution in [0.4, 0.5) is 0 Å². The van der Waals surface area contributed by atoms with Gasteiger partial charge in [0.25, 0.3) is 0 Å². The van der Waals surface area contributed by atoms with E-state index in [2.05, 4.69) is 212 Å². The van der Waals surface area contributed by atoms with E-state index in [4.69, 9.17) is 15.0 Å². The van der Waals surface area contributed by atoms with E-state index in [-0.39, 0.29) is 0 Å². The summed E-state index contributed by atoms with van der Waals surface area (Å²) in [5.74, 6) is 1.89. The van der Waals surface area contributed by atoms with E-state index in [0.29, 0.717) is 17.5 Å². The summed E-state index contributed by atoms with van der Waals surface area (Å²) in [6.45, 7) is 0. The first kappa shape index (κ1) is 36.2. The molecule has 2 aliphatic rings. The lowest BCUT2D eigenvalue weighted by Gasteiger charge is -2.40. The maximum atomic E-state index is 5.18. The molecule has 1 spiro atoms. The second-order valence-electron chi connectivity index (χ2n) is 15.9. The summed E-state index contributed by atoms with van der Waals surface area (Å²) >= 11 is 1.88. The van der Waals surface area contributed by atoms with Gasteiger partial charge in [-0.05, 0) is 85.0 Å². The molecule has 1 aromatic heterocycles. The van der Waals surface area contributed by atoms with Crippen molar-refractivity contribution in [2.75, 3.05) is 0 Å². The topological polar surface area (TPSA) is 38.7 Å². The first-order chi connectivity index (χ1) is 30.7. The van der Waals surface area contributed by atoms with Crippen LogP contribution in [-0.4, -0.2) is 15.0 Å². The number of hydrogen-bond donors (Lipinski definition) is 0. The second-order valence-corrected chi connectivity index (χ2v) is 17.0. The lowest BCUT2D eigenvalue weighted by Crippen LogP contribution is -2.32. The molecule has 1 aliphatic heterocycles. The summed E-state index contributed by atoms with van der Waals surface area (Å²) in [6, 6.07) is 80.4. The number of rotatable bonds is 6. The van der Waals surface area contributed by atoms with Gasteiger partial charge in [0.15, 0.2) is 17.5 Å². The average Bonchev–Trinajstić information content (AvgIpc) is 3.65. The number of nitrogens with zero attached hydrogens (tertiary/aromatic N) is 3. The molecule has 290 valence electrons. The van der Waals surface area contributed by atoms with Gasteiger partial charge in [-0.15, -0.1) is 0 Å². The summed E-state index contributed by atoms with van der Waals surface area (Å²) in [7, 11) is 0. The van der Waals surface area contributed by atoms with Gasteiger partial charge in [-0.1, -0.05) is 218 Å². The largest absolute Gasteiger partial charge is 0.208 e.